The summed E-state index contributed by atoms with van der Waals surface area (Å²) in [7, 11) is -1.22. The third kappa shape index (κ3) is 3.61. The molecule has 1 aromatic carbocycles. The first-order valence-electron chi connectivity index (χ1n) is 5.88. The van der Waals surface area contributed by atoms with Crippen LogP contribution in [0.2, 0.25) is 0 Å². The molecule has 0 fully saturated rings. The zero-order valence-electron chi connectivity index (χ0n) is 11.6. The van der Waals surface area contributed by atoms with Crippen molar-refractivity contribution >= 4 is 21.7 Å². The molecule has 0 bridgehead atoms. The molecule has 2 N–H and O–H groups in total. The Morgan fingerprint density at radius 1 is 1.40 bits per heavy atom. The van der Waals surface area contributed by atoms with Crippen LogP contribution < -0.4 is 10.5 Å². The molecule has 1 aromatic rings. The number of nitrogens with zero attached hydrogens (tertiary/aromatic N) is 1. The molecule has 112 valence electrons. The highest BCUT2D eigenvalue weighted by Gasteiger charge is 2.26. The first-order valence-corrected chi connectivity index (χ1v) is 7.32. The second-order valence-electron chi connectivity index (χ2n) is 3.98. The monoisotopic (exact) mass is 302 g/mol. The van der Waals surface area contributed by atoms with Gasteiger partial charge < -0.3 is 15.2 Å². The van der Waals surface area contributed by atoms with Crippen molar-refractivity contribution in [2.24, 2.45) is 0 Å². The van der Waals surface area contributed by atoms with E-state index in [1.54, 1.807) is 6.92 Å². The lowest BCUT2D eigenvalue weighted by Crippen LogP contribution is -2.33. The number of carbonyl (C=O) groups excluding carboxylic acids is 1. The molecule has 0 aromatic heterocycles. The molecule has 20 heavy (non-hydrogen) atoms. The van der Waals surface area contributed by atoms with E-state index in [9.17, 15) is 13.2 Å². The lowest BCUT2D eigenvalue weighted by atomic mass is 10.3. The van der Waals surface area contributed by atoms with Crippen LogP contribution >= 0.6 is 0 Å². The molecule has 7 nitrogen and oxygen atoms in total. The number of rotatable bonds is 6. The fourth-order valence-corrected chi connectivity index (χ4v) is 2.79. The van der Waals surface area contributed by atoms with Gasteiger partial charge in [-0.2, -0.15) is 4.31 Å². The molecule has 0 radical (unpaired) electrons. The lowest BCUT2D eigenvalue weighted by Gasteiger charge is -2.18. The van der Waals surface area contributed by atoms with Gasteiger partial charge in [-0.05, 0) is 19.1 Å². The topological polar surface area (TPSA) is 98.9 Å². The van der Waals surface area contributed by atoms with Crippen LogP contribution in [0.3, 0.4) is 0 Å². The van der Waals surface area contributed by atoms with Crippen LogP contribution in [0.15, 0.2) is 23.1 Å². The van der Waals surface area contributed by atoms with Crippen molar-refractivity contribution in [1.29, 1.82) is 0 Å². The normalized spacial score (nSPS) is 11.4. The number of esters is 1. The van der Waals surface area contributed by atoms with Gasteiger partial charge in [0.25, 0.3) is 0 Å². The van der Waals surface area contributed by atoms with Crippen LogP contribution in [0.4, 0.5) is 5.69 Å². The van der Waals surface area contributed by atoms with Crippen LogP contribution in [0, 0.1) is 0 Å². The zero-order valence-corrected chi connectivity index (χ0v) is 12.4. The molecule has 0 amide bonds. The van der Waals surface area contributed by atoms with E-state index in [-0.39, 0.29) is 23.8 Å². The summed E-state index contributed by atoms with van der Waals surface area (Å²) in [5.74, 6) is -0.492. The summed E-state index contributed by atoms with van der Waals surface area (Å²) in [4.78, 5) is 11.3. The Labute approximate surface area is 118 Å². The Morgan fingerprint density at radius 2 is 2.05 bits per heavy atom. The Hall–Kier alpha value is -1.80. The van der Waals surface area contributed by atoms with Gasteiger partial charge in [-0.1, -0.05) is 0 Å². The number of nitrogens with two attached hydrogens (primary N) is 1. The summed E-state index contributed by atoms with van der Waals surface area (Å²) in [5.41, 5.74) is 5.96. The summed E-state index contributed by atoms with van der Waals surface area (Å²) in [6.45, 7) is 1.47. The fourth-order valence-electron chi connectivity index (χ4n) is 1.54. The van der Waals surface area contributed by atoms with Crippen molar-refractivity contribution in [2.75, 3.05) is 33.0 Å². The highest BCUT2D eigenvalue weighted by atomic mass is 32.2. The second kappa shape index (κ2) is 6.58. The maximum absolute atomic E-state index is 12.4. The molecule has 0 saturated heterocycles. The Kier molecular flexibility index (Phi) is 5.34. The highest BCUT2D eigenvalue weighted by molar-refractivity contribution is 7.89. The highest BCUT2D eigenvalue weighted by Crippen LogP contribution is 2.28. The van der Waals surface area contributed by atoms with Crippen molar-refractivity contribution in [1.82, 2.24) is 4.31 Å². The molecule has 0 spiro atoms. The summed E-state index contributed by atoms with van der Waals surface area (Å²) in [6.07, 6.45) is 0. The maximum Gasteiger partial charge on any atom is 0.321 e. The molecule has 0 aliphatic carbocycles. The molecule has 0 aliphatic rings. The average Bonchev–Trinajstić information content (AvgIpc) is 2.38. The van der Waals surface area contributed by atoms with Gasteiger partial charge in [0, 0.05) is 18.8 Å². The van der Waals surface area contributed by atoms with Gasteiger partial charge in [0.15, 0.2) is 0 Å². The van der Waals surface area contributed by atoms with E-state index in [1.165, 1.54) is 32.4 Å². The largest absolute Gasteiger partial charge is 0.495 e. The minimum atomic E-state index is -3.86. The van der Waals surface area contributed by atoms with Crippen molar-refractivity contribution in [3.63, 3.8) is 0 Å². The molecule has 0 aliphatic heterocycles. The van der Waals surface area contributed by atoms with Gasteiger partial charge in [0.1, 0.15) is 17.2 Å². The number of ether oxygens (including phenoxy) is 2. The number of carbonyl (C=O) groups is 1. The van der Waals surface area contributed by atoms with E-state index < -0.39 is 16.0 Å². The van der Waals surface area contributed by atoms with Crippen LogP contribution in [-0.2, 0) is 19.6 Å². The van der Waals surface area contributed by atoms with Crippen molar-refractivity contribution in [2.45, 2.75) is 11.8 Å². The molecular formula is C12H18N2O5S. The number of methoxy groups -OCH3 is 1. The minimum Gasteiger partial charge on any atom is -0.495 e. The van der Waals surface area contributed by atoms with Crippen LogP contribution in [0.5, 0.6) is 5.75 Å². The van der Waals surface area contributed by atoms with Gasteiger partial charge in [0.2, 0.25) is 10.0 Å². The number of hydrogen-bond acceptors (Lipinski definition) is 6. The van der Waals surface area contributed by atoms with E-state index >= 15 is 0 Å². The predicted molar refractivity (Wildman–Crippen MR) is 73.9 cm³/mol. The first kappa shape index (κ1) is 16.3. The van der Waals surface area contributed by atoms with Gasteiger partial charge in [-0.25, -0.2) is 8.42 Å². The van der Waals surface area contributed by atoms with Crippen LogP contribution in [0.25, 0.3) is 0 Å². The second-order valence-corrected chi connectivity index (χ2v) is 5.99. The molecule has 0 atom stereocenters. The van der Waals surface area contributed by atoms with E-state index in [4.69, 9.17) is 15.2 Å². The summed E-state index contributed by atoms with van der Waals surface area (Å²) in [6, 6.07) is 4.20. The third-order valence-corrected chi connectivity index (χ3v) is 4.38. The SMILES string of the molecule is CCOC(=O)CN(C)S(=O)(=O)c1ccc(N)cc1OC. The molecule has 0 saturated carbocycles. The molecule has 1 rings (SSSR count). The summed E-state index contributed by atoms with van der Waals surface area (Å²) >= 11 is 0. The van der Waals surface area contributed by atoms with Gasteiger partial charge in [0.05, 0.1) is 13.7 Å². The molecule has 0 heterocycles. The number of nitrogen functional groups attached to an aromatic ring is 1. The van der Waals surface area contributed by atoms with Gasteiger partial charge in [-0.15, -0.1) is 0 Å². The van der Waals surface area contributed by atoms with Crippen LogP contribution in [0.1, 0.15) is 6.92 Å². The number of sulfonamides is 1. The standard InChI is InChI=1S/C12H18N2O5S/c1-4-19-12(15)8-14(2)20(16,17)11-6-5-9(13)7-10(11)18-3/h5-7H,4,8,13H2,1-3H3. The molecule has 8 heteroatoms. The summed E-state index contributed by atoms with van der Waals surface area (Å²) in [5, 5.41) is 0. The first-order chi connectivity index (χ1) is 9.32. The third-order valence-electron chi connectivity index (χ3n) is 2.53. The number of hydrogen-bond donors (Lipinski definition) is 1. The van der Waals surface area contributed by atoms with Crippen molar-refractivity contribution in [3.8, 4) is 5.75 Å². The van der Waals surface area contributed by atoms with Crippen molar-refractivity contribution < 1.29 is 22.7 Å². The number of anilines is 1. The van der Waals surface area contributed by atoms with Crippen molar-refractivity contribution in [3.05, 3.63) is 18.2 Å². The number of likely N-dealkylation sites (N-methyl/N-ethyl adjacent to an activating group) is 1. The van der Waals surface area contributed by atoms with E-state index in [0.717, 1.165) is 4.31 Å². The van der Waals surface area contributed by atoms with E-state index in [2.05, 4.69) is 0 Å². The molecular weight excluding hydrogens is 284 g/mol. The zero-order chi connectivity index (χ0) is 15.3. The fraction of sp³-hybridized carbons (Fsp3) is 0.417. The molecule has 0 unspecified atom stereocenters. The Balaban J connectivity index is 3.07. The smallest absolute Gasteiger partial charge is 0.321 e. The average molecular weight is 302 g/mol. The summed E-state index contributed by atoms with van der Waals surface area (Å²) < 4.78 is 35.4. The van der Waals surface area contributed by atoms with Gasteiger partial charge >= 0.3 is 5.97 Å². The lowest BCUT2D eigenvalue weighted by molar-refractivity contribution is -0.143. The minimum absolute atomic E-state index is 0.0546. The van der Waals surface area contributed by atoms with E-state index in [0.29, 0.717) is 5.69 Å². The Bertz CT molecular complexity index is 586. The predicted octanol–water partition coefficient (Wildman–Crippen LogP) is 0.461. The van der Waals surface area contributed by atoms with E-state index in [1.807, 2.05) is 0 Å². The number of benzene rings is 1. The Morgan fingerprint density at radius 3 is 2.60 bits per heavy atom. The van der Waals surface area contributed by atoms with Crippen LogP contribution in [-0.4, -0.2) is 46.0 Å². The van der Waals surface area contributed by atoms with Gasteiger partial charge in [-0.3, -0.25) is 4.79 Å². The quantitative estimate of drug-likeness (QED) is 0.605. The maximum atomic E-state index is 12.4.